The van der Waals surface area contributed by atoms with Gasteiger partial charge in [0.25, 0.3) is 0 Å². The Hall–Kier alpha value is -1.10. The van der Waals surface area contributed by atoms with Crippen LogP contribution in [0.2, 0.25) is 5.02 Å². The Morgan fingerprint density at radius 3 is 2.43 bits per heavy atom. The lowest BCUT2D eigenvalue weighted by molar-refractivity contribution is -0.141. The lowest BCUT2D eigenvalue weighted by Gasteiger charge is -2.07. The zero-order valence-corrected chi connectivity index (χ0v) is 7.78. The lowest BCUT2D eigenvalue weighted by Crippen LogP contribution is -2.09. The summed E-state index contributed by atoms with van der Waals surface area (Å²) in [4.78, 5) is 13.9. The minimum Gasteiger partial charge on any atom is -0.294 e. The molecule has 76 valence electrons. The van der Waals surface area contributed by atoms with Crippen molar-refractivity contribution in [3.63, 3.8) is 0 Å². The molecule has 0 aliphatic heterocycles. The van der Waals surface area contributed by atoms with Gasteiger partial charge < -0.3 is 0 Å². The third kappa shape index (κ3) is 2.23. The van der Waals surface area contributed by atoms with Gasteiger partial charge in [0.2, 0.25) is 0 Å². The molecule has 0 aromatic carbocycles. The van der Waals surface area contributed by atoms with Crippen LogP contribution >= 0.6 is 11.6 Å². The predicted molar refractivity (Wildman–Crippen MR) is 44.3 cm³/mol. The number of hydrogen-bond acceptors (Lipinski definition) is 2. The molecule has 6 heteroatoms. The zero-order chi connectivity index (χ0) is 10.9. The number of rotatable bonds is 1. The van der Waals surface area contributed by atoms with Crippen LogP contribution in [-0.2, 0) is 6.18 Å². The number of Topliss-reactive ketones (excluding diaryl/α,β-unsaturated/α-hetero) is 1. The molecule has 0 N–H and O–H groups in total. The first kappa shape index (κ1) is 11.0. The molecule has 0 atom stereocenters. The minimum absolute atomic E-state index is 0.0583. The molecule has 0 aliphatic carbocycles. The van der Waals surface area contributed by atoms with Crippen LogP contribution in [0.4, 0.5) is 13.2 Å². The summed E-state index contributed by atoms with van der Waals surface area (Å²) in [5.41, 5.74) is -1.12. The van der Waals surface area contributed by atoms with Gasteiger partial charge >= 0.3 is 6.18 Å². The molecule has 1 aromatic heterocycles. The molecule has 0 saturated carbocycles. The van der Waals surface area contributed by atoms with Crippen molar-refractivity contribution in [1.82, 2.24) is 4.98 Å². The van der Waals surface area contributed by atoms with Gasteiger partial charge in [-0.1, -0.05) is 11.6 Å². The van der Waals surface area contributed by atoms with Crippen LogP contribution in [0.15, 0.2) is 12.3 Å². The van der Waals surface area contributed by atoms with Crippen molar-refractivity contribution >= 4 is 17.4 Å². The van der Waals surface area contributed by atoms with Gasteiger partial charge in [-0.2, -0.15) is 13.2 Å². The van der Waals surface area contributed by atoms with Crippen LogP contribution in [0.5, 0.6) is 0 Å². The van der Waals surface area contributed by atoms with E-state index >= 15 is 0 Å². The second-order valence-electron chi connectivity index (χ2n) is 2.61. The molecular formula is C8H5ClF3NO. The van der Waals surface area contributed by atoms with Crippen LogP contribution in [0.1, 0.15) is 23.0 Å². The van der Waals surface area contributed by atoms with Gasteiger partial charge in [0.1, 0.15) is 0 Å². The van der Waals surface area contributed by atoms with E-state index in [1.165, 1.54) is 6.92 Å². The van der Waals surface area contributed by atoms with E-state index < -0.39 is 16.9 Å². The van der Waals surface area contributed by atoms with E-state index in [9.17, 15) is 18.0 Å². The highest BCUT2D eigenvalue weighted by Crippen LogP contribution is 2.32. The van der Waals surface area contributed by atoms with Crippen molar-refractivity contribution < 1.29 is 18.0 Å². The summed E-state index contributed by atoms with van der Waals surface area (Å²) in [6.45, 7) is 1.22. The topological polar surface area (TPSA) is 30.0 Å². The Kier molecular flexibility index (Phi) is 2.80. The van der Waals surface area contributed by atoms with Gasteiger partial charge in [-0.25, -0.2) is 4.98 Å². The van der Waals surface area contributed by atoms with E-state index in [4.69, 9.17) is 11.6 Å². The first-order chi connectivity index (χ1) is 6.32. The summed E-state index contributed by atoms with van der Waals surface area (Å²) in [5.74, 6) is -0.381. The van der Waals surface area contributed by atoms with Crippen LogP contribution in [-0.4, -0.2) is 10.8 Å². The largest absolute Gasteiger partial charge is 0.434 e. The number of nitrogens with zero attached hydrogens (tertiary/aromatic N) is 1. The van der Waals surface area contributed by atoms with E-state index in [2.05, 4.69) is 4.98 Å². The maximum atomic E-state index is 12.1. The third-order valence-corrected chi connectivity index (χ3v) is 1.80. The Morgan fingerprint density at radius 2 is 2.07 bits per heavy atom. The van der Waals surface area contributed by atoms with E-state index in [0.29, 0.717) is 0 Å². The normalized spacial score (nSPS) is 11.5. The van der Waals surface area contributed by atoms with Gasteiger partial charge in [0.15, 0.2) is 11.5 Å². The third-order valence-electron chi connectivity index (χ3n) is 1.52. The maximum absolute atomic E-state index is 12.1. The van der Waals surface area contributed by atoms with Gasteiger partial charge in [-0.3, -0.25) is 4.79 Å². The molecule has 1 rings (SSSR count). The molecule has 0 amide bonds. The standard InChI is InChI=1S/C8H5ClF3NO/c1-4(14)5-2-6(9)7(13-3-5)8(10,11)12/h2-3H,1H3. The van der Waals surface area contributed by atoms with Gasteiger partial charge in [-0.15, -0.1) is 0 Å². The summed E-state index contributed by atoms with van der Waals surface area (Å²) < 4.78 is 36.4. The number of carbonyl (C=O) groups is 1. The average molecular weight is 224 g/mol. The predicted octanol–water partition coefficient (Wildman–Crippen LogP) is 2.96. The Labute approximate surface area is 82.7 Å². The summed E-state index contributed by atoms with van der Waals surface area (Å²) in [6, 6.07) is 0.958. The van der Waals surface area contributed by atoms with E-state index in [1.807, 2.05) is 0 Å². The molecule has 0 saturated heterocycles. The van der Waals surface area contributed by atoms with Crippen molar-refractivity contribution in [1.29, 1.82) is 0 Å². The second-order valence-corrected chi connectivity index (χ2v) is 3.02. The number of halogens is 4. The minimum atomic E-state index is -4.59. The summed E-state index contributed by atoms with van der Waals surface area (Å²) in [6.07, 6.45) is -3.73. The highest BCUT2D eigenvalue weighted by atomic mass is 35.5. The van der Waals surface area contributed by atoms with Gasteiger partial charge in [0, 0.05) is 11.8 Å². The van der Waals surface area contributed by atoms with E-state index in [1.54, 1.807) is 0 Å². The molecule has 1 heterocycles. The monoisotopic (exact) mass is 223 g/mol. The van der Waals surface area contributed by atoms with Crippen LogP contribution in [0.3, 0.4) is 0 Å². The number of alkyl halides is 3. The molecule has 0 fully saturated rings. The lowest BCUT2D eigenvalue weighted by atomic mass is 10.2. The molecule has 0 bridgehead atoms. The fraction of sp³-hybridized carbons (Fsp3) is 0.250. The maximum Gasteiger partial charge on any atom is 0.434 e. The first-order valence-corrected chi connectivity index (χ1v) is 3.94. The number of carbonyl (C=O) groups excluding carboxylic acids is 1. The first-order valence-electron chi connectivity index (χ1n) is 3.56. The quantitative estimate of drug-likeness (QED) is 0.685. The van der Waals surface area contributed by atoms with Crippen molar-refractivity contribution in [3.8, 4) is 0 Å². The zero-order valence-electron chi connectivity index (χ0n) is 7.02. The Balaban J connectivity index is 3.21. The Bertz CT molecular complexity index is 375. The highest BCUT2D eigenvalue weighted by molar-refractivity contribution is 6.31. The fourth-order valence-electron chi connectivity index (χ4n) is 0.839. The second kappa shape index (κ2) is 3.57. The van der Waals surface area contributed by atoms with E-state index in [0.717, 1.165) is 12.3 Å². The van der Waals surface area contributed by atoms with E-state index in [-0.39, 0.29) is 11.3 Å². The smallest absolute Gasteiger partial charge is 0.294 e. The van der Waals surface area contributed by atoms with Crippen molar-refractivity contribution in [2.75, 3.05) is 0 Å². The number of hydrogen-bond donors (Lipinski definition) is 0. The fourth-order valence-corrected chi connectivity index (χ4v) is 1.11. The SMILES string of the molecule is CC(=O)c1cnc(C(F)(F)F)c(Cl)c1. The highest BCUT2D eigenvalue weighted by Gasteiger charge is 2.35. The number of ketones is 1. The molecule has 0 radical (unpaired) electrons. The van der Waals surface area contributed by atoms with Crippen LogP contribution in [0.25, 0.3) is 0 Å². The average Bonchev–Trinajstić information content (AvgIpc) is 2.01. The molecule has 1 aromatic rings. The van der Waals surface area contributed by atoms with Crippen molar-refractivity contribution in [3.05, 3.63) is 28.5 Å². The molecule has 0 unspecified atom stereocenters. The molecule has 0 spiro atoms. The number of pyridine rings is 1. The molecule has 14 heavy (non-hydrogen) atoms. The molecule has 2 nitrogen and oxygen atoms in total. The van der Waals surface area contributed by atoms with Crippen molar-refractivity contribution in [2.45, 2.75) is 13.1 Å². The summed E-state index contributed by atoms with van der Waals surface area (Å²) in [7, 11) is 0. The van der Waals surface area contributed by atoms with Crippen LogP contribution < -0.4 is 0 Å². The summed E-state index contributed by atoms with van der Waals surface area (Å²) in [5, 5.41) is -0.565. The molecular weight excluding hydrogens is 219 g/mol. The Morgan fingerprint density at radius 1 is 1.50 bits per heavy atom. The summed E-state index contributed by atoms with van der Waals surface area (Å²) >= 11 is 5.32. The van der Waals surface area contributed by atoms with Crippen molar-refractivity contribution in [2.24, 2.45) is 0 Å². The molecule has 0 aliphatic rings. The van der Waals surface area contributed by atoms with Gasteiger partial charge in [-0.05, 0) is 13.0 Å². The van der Waals surface area contributed by atoms with Crippen LogP contribution in [0, 0.1) is 0 Å². The van der Waals surface area contributed by atoms with Gasteiger partial charge in [0.05, 0.1) is 5.02 Å². The number of aromatic nitrogens is 1.